The summed E-state index contributed by atoms with van der Waals surface area (Å²) in [5.41, 5.74) is 1.19. The van der Waals surface area contributed by atoms with Gasteiger partial charge < -0.3 is 0 Å². The van der Waals surface area contributed by atoms with Crippen LogP contribution >= 0.6 is 0 Å². The molecule has 0 aliphatic rings. The molecule has 1 rings (SSSR count). The van der Waals surface area contributed by atoms with Gasteiger partial charge in [-0.2, -0.15) is 0 Å². The van der Waals surface area contributed by atoms with Crippen LogP contribution in [0.4, 0.5) is 0 Å². The van der Waals surface area contributed by atoms with E-state index in [-0.39, 0.29) is 0 Å². The summed E-state index contributed by atoms with van der Waals surface area (Å²) < 4.78 is 28.3. The van der Waals surface area contributed by atoms with Gasteiger partial charge in [0, 0.05) is 5.48 Å². The Bertz CT molecular complexity index is 213. The summed E-state index contributed by atoms with van der Waals surface area (Å²) in [5.74, 6) is 0. The van der Waals surface area contributed by atoms with Crippen LogP contribution in [-0.4, -0.2) is 0 Å². The van der Waals surface area contributed by atoms with Gasteiger partial charge in [0.1, 0.15) is 0 Å². The van der Waals surface area contributed by atoms with Crippen molar-refractivity contribution in [2.45, 2.75) is 13.8 Å². The number of hydrogen-bond acceptors (Lipinski definition) is 0. The highest BCUT2D eigenvalue weighted by Crippen LogP contribution is 1.99. The summed E-state index contributed by atoms with van der Waals surface area (Å²) in [6.07, 6.45) is 0. The monoisotopic (exact) mass is 110 g/mol. The van der Waals surface area contributed by atoms with Crippen molar-refractivity contribution in [2.24, 2.45) is 0 Å². The minimum atomic E-state index is -0.978. The Morgan fingerprint density at radius 1 is 1.00 bits per heavy atom. The summed E-state index contributed by atoms with van der Waals surface area (Å²) in [7, 11) is 0. The van der Waals surface area contributed by atoms with Crippen molar-refractivity contribution in [2.75, 3.05) is 0 Å². The van der Waals surface area contributed by atoms with Crippen LogP contribution in [0.2, 0.25) is 0 Å². The van der Waals surface area contributed by atoms with Crippen molar-refractivity contribution in [3.63, 3.8) is 0 Å². The van der Waals surface area contributed by atoms with E-state index in [1.807, 2.05) is 0 Å². The first-order chi connectivity index (χ1) is 5.61. The predicted octanol–water partition coefficient (Wildman–Crippen LogP) is 2.30. The average Bonchev–Trinajstić information content (AvgIpc) is 2.04. The van der Waals surface area contributed by atoms with Crippen LogP contribution in [0.3, 0.4) is 0 Å². The van der Waals surface area contributed by atoms with Crippen molar-refractivity contribution in [3.8, 4) is 0 Å². The summed E-state index contributed by atoms with van der Waals surface area (Å²) in [6, 6.07) is 6.48. The lowest BCUT2D eigenvalue weighted by Crippen LogP contribution is -1.70. The fourth-order valence-corrected chi connectivity index (χ4v) is 0.496. The van der Waals surface area contributed by atoms with E-state index in [1.165, 1.54) is 0 Å². The van der Waals surface area contributed by atoms with E-state index in [1.54, 1.807) is 24.3 Å². The molecule has 0 nitrogen and oxygen atoms in total. The molecule has 0 radical (unpaired) electrons. The molecule has 0 aliphatic heterocycles. The molecule has 0 atom stereocenters. The number of benzene rings is 1. The fourth-order valence-electron chi connectivity index (χ4n) is 0.496. The maximum absolute atomic E-state index is 7.07. The molecule has 0 fully saturated rings. The number of hydrogen-bond donors (Lipinski definition) is 0. The summed E-state index contributed by atoms with van der Waals surface area (Å²) >= 11 is 0. The first-order valence-corrected chi connectivity index (χ1v) is 2.40. The summed E-state index contributed by atoms with van der Waals surface area (Å²) in [5, 5.41) is 0. The van der Waals surface area contributed by atoms with Gasteiger partial charge in [0.15, 0.2) is 0 Å². The summed E-state index contributed by atoms with van der Waals surface area (Å²) in [4.78, 5) is 0. The topological polar surface area (TPSA) is 0 Å². The maximum atomic E-state index is 7.07. The molecule has 0 bridgehead atoms. The van der Waals surface area contributed by atoms with E-state index in [0.29, 0.717) is 11.1 Å². The molecule has 0 saturated carbocycles. The van der Waals surface area contributed by atoms with E-state index in [9.17, 15) is 0 Å². The van der Waals surface area contributed by atoms with Crippen LogP contribution in [0.25, 0.3) is 0 Å². The van der Waals surface area contributed by atoms with E-state index in [0.717, 1.165) is 0 Å². The normalized spacial score (nSPS) is 17.2. The van der Waals surface area contributed by atoms with Gasteiger partial charge >= 0.3 is 0 Å². The SMILES string of the molecule is [2H]C([2H])c1ccc(C([2H])[2H])cc1. The molecule has 0 spiro atoms. The first kappa shape index (κ1) is 2.22. The molecule has 0 unspecified atom stereocenters. The van der Waals surface area contributed by atoms with Gasteiger partial charge in [0.25, 0.3) is 0 Å². The Morgan fingerprint density at radius 3 is 1.62 bits per heavy atom. The van der Waals surface area contributed by atoms with Gasteiger partial charge in [0.2, 0.25) is 0 Å². The first-order valence-electron chi connectivity index (χ1n) is 4.71. The second-order valence-electron chi connectivity index (χ2n) is 1.67. The number of aryl methyl sites for hydroxylation is 2. The molecule has 1 aromatic rings. The quantitative estimate of drug-likeness (QED) is 0.480. The lowest BCUT2D eigenvalue weighted by Gasteiger charge is -1.90. The summed E-state index contributed by atoms with van der Waals surface area (Å²) in [6.45, 7) is -1.96. The van der Waals surface area contributed by atoms with Gasteiger partial charge in [-0.25, -0.2) is 0 Å². The molecule has 0 aromatic heterocycles. The zero-order valence-electron chi connectivity index (χ0n) is 8.46. The Labute approximate surface area is 55.8 Å². The molecule has 0 amide bonds. The second kappa shape index (κ2) is 1.99. The minimum absolute atomic E-state index is 0.597. The van der Waals surface area contributed by atoms with E-state index >= 15 is 0 Å². The molecule has 0 saturated heterocycles. The van der Waals surface area contributed by atoms with Crippen molar-refractivity contribution in [1.29, 1.82) is 0 Å². The van der Waals surface area contributed by atoms with Gasteiger partial charge in [-0.05, 0) is 13.8 Å². The third kappa shape index (κ3) is 1.09. The van der Waals surface area contributed by atoms with Gasteiger partial charge in [-0.15, -0.1) is 0 Å². The Hall–Kier alpha value is -0.780. The Kier molecular flexibility index (Phi) is 0.553. The molecule has 42 valence electrons. The average molecular weight is 110 g/mol. The van der Waals surface area contributed by atoms with Crippen LogP contribution in [-0.2, 0) is 0 Å². The van der Waals surface area contributed by atoms with E-state index in [2.05, 4.69) is 0 Å². The lowest BCUT2D eigenvalue weighted by molar-refractivity contribution is 1.40. The zero-order chi connectivity index (χ0) is 9.14. The van der Waals surface area contributed by atoms with Crippen molar-refractivity contribution in [3.05, 3.63) is 35.4 Å². The Balaban J connectivity index is 2.86. The predicted molar refractivity (Wildman–Crippen MR) is 35.9 cm³/mol. The highest BCUT2D eigenvalue weighted by atomic mass is 13.9. The van der Waals surface area contributed by atoms with Crippen molar-refractivity contribution >= 4 is 0 Å². The van der Waals surface area contributed by atoms with Gasteiger partial charge in [0.05, 0.1) is 0 Å². The van der Waals surface area contributed by atoms with E-state index in [4.69, 9.17) is 5.48 Å². The molecule has 1 aromatic carbocycles. The highest BCUT2D eigenvalue weighted by Gasteiger charge is 1.79. The molecular formula is C8H10. The fraction of sp³-hybridized carbons (Fsp3) is 0.250. The number of rotatable bonds is 0. The van der Waals surface area contributed by atoms with Crippen LogP contribution in [0.15, 0.2) is 24.3 Å². The van der Waals surface area contributed by atoms with Crippen molar-refractivity contribution in [1.82, 2.24) is 0 Å². The van der Waals surface area contributed by atoms with Gasteiger partial charge in [-0.3, -0.25) is 0 Å². The van der Waals surface area contributed by atoms with Crippen LogP contribution in [0, 0.1) is 13.8 Å². The molecule has 0 heterocycles. The molecule has 0 aliphatic carbocycles. The standard InChI is InChI=1S/C8H10/c1-7-3-5-8(2)6-4-7/h3-6H,1-2H3/i1D2,2D2. The molecule has 8 heavy (non-hydrogen) atoms. The zero-order valence-corrected chi connectivity index (χ0v) is 4.46. The van der Waals surface area contributed by atoms with Crippen LogP contribution in [0.5, 0.6) is 0 Å². The largest absolute Gasteiger partial charge is 0.0591 e. The Morgan fingerprint density at radius 2 is 1.38 bits per heavy atom. The van der Waals surface area contributed by atoms with E-state index < -0.39 is 13.8 Å². The highest BCUT2D eigenvalue weighted by molar-refractivity contribution is 5.19. The smallest absolute Gasteiger partial charge is 0.0280 e. The second-order valence-corrected chi connectivity index (χ2v) is 1.67. The van der Waals surface area contributed by atoms with Crippen molar-refractivity contribution < 1.29 is 5.48 Å². The molecular weight excluding hydrogens is 96.1 g/mol. The van der Waals surface area contributed by atoms with Gasteiger partial charge in [-0.1, -0.05) is 35.4 Å². The molecule has 0 N–H and O–H groups in total. The van der Waals surface area contributed by atoms with Crippen LogP contribution in [0.1, 0.15) is 16.6 Å². The lowest BCUT2D eigenvalue weighted by atomic mass is 10.2. The third-order valence-corrected chi connectivity index (χ3v) is 0.936. The third-order valence-electron chi connectivity index (χ3n) is 0.936. The maximum Gasteiger partial charge on any atom is 0.0280 e. The minimum Gasteiger partial charge on any atom is -0.0591 e. The molecule has 0 heteroatoms. The van der Waals surface area contributed by atoms with Crippen LogP contribution < -0.4 is 0 Å².